The number of fused-ring (bicyclic) bond motifs is 1. The molecule has 2 aliphatic rings. The van der Waals surface area contributed by atoms with Crippen LogP contribution in [0.15, 0.2) is 66.7 Å². The van der Waals surface area contributed by atoms with Gasteiger partial charge in [-0.05, 0) is 103 Å². The van der Waals surface area contributed by atoms with Gasteiger partial charge in [-0.3, -0.25) is 9.69 Å². The molecule has 5 rings (SSSR count). The minimum absolute atomic E-state index is 0.322. The van der Waals surface area contributed by atoms with E-state index in [1.807, 2.05) is 30.3 Å². The molecule has 2 fully saturated rings. The number of likely N-dealkylation sites (tertiary alicyclic amines) is 1. The summed E-state index contributed by atoms with van der Waals surface area (Å²) in [5, 5.41) is 12.5. The number of piperidine rings is 1. The fourth-order valence-corrected chi connectivity index (χ4v) is 6.42. The summed E-state index contributed by atoms with van der Waals surface area (Å²) in [5.74, 6) is 1.06. The standard InChI is InChI=1S/C33H41NO3/c1-32(2,3)27-12-15-29(16-13-27)37-30-14-11-25-21-24(9-10-26(25)22-30)23-34-19-17-33(18-20-34,31(35)36)28-7-5-4-6-8-28/h4-11,14,21-22,27,29H,12-13,15-20,23H2,1-3H3,(H,35,36). The average molecular weight is 500 g/mol. The van der Waals surface area contributed by atoms with Crippen molar-refractivity contribution in [2.75, 3.05) is 13.1 Å². The number of benzene rings is 3. The number of carboxylic acids is 1. The van der Waals surface area contributed by atoms with E-state index in [1.165, 1.54) is 29.2 Å². The van der Waals surface area contributed by atoms with Crippen LogP contribution in [0.25, 0.3) is 10.8 Å². The van der Waals surface area contributed by atoms with Crippen molar-refractivity contribution in [3.63, 3.8) is 0 Å². The van der Waals surface area contributed by atoms with Crippen molar-refractivity contribution in [3.05, 3.63) is 77.9 Å². The molecular weight excluding hydrogens is 458 g/mol. The zero-order valence-corrected chi connectivity index (χ0v) is 22.6. The maximum atomic E-state index is 12.3. The Kier molecular flexibility index (Phi) is 7.31. The first-order valence-corrected chi connectivity index (χ1v) is 13.9. The highest BCUT2D eigenvalue weighted by Crippen LogP contribution is 2.39. The molecule has 0 aromatic heterocycles. The van der Waals surface area contributed by atoms with Gasteiger partial charge in [-0.1, -0.05) is 69.3 Å². The lowest BCUT2D eigenvalue weighted by Crippen LogP contribution is -2.47. The Balaban J connectivity index is 1.19. The Morgan fingerprint density at radius 3 is 2.22 bits per heavy atom. The van der Waals surface area contributed by atoms with Gasteiger partial charge in [0.1, 0.15) is 5.75 Å². The number of ether oxygens (including phenoxy) is 1. The van der Waals surface area contributed by atoms with E-state index in [4.69, 9.17) is 4.74 Å². The highest BCUT2D eigenvalue weighted by molar-refractivity contribution is 5.84. The first-order valence-electron chi connectivity index (χ1n) is 13.9. The molecule has 0 spiro atoms. The molecule has 3 aromatic rings. The third kappa shape index (κ3) is 5.70. The van der Waals surface area contributed by atoms with Gasteiger partial charge in [0.15, 0.2) is 0 Å². The molecule has 196 valence electrons. The summed E-state index contributed by atoms with van der Waals surface area (Å²) in [6.45, 7) is 9.48. The van der Waals surface area contributed by atoms with Crippen LogP contribution in [0.5, 0.6) is 5.75 Å². The summed E-state index contributed by atoms with van der Waals surface area (Å²) in [5.41, 5.74) is 1.81. The fourth-order valence-electron chi connectivity index (χ4n) is 6.42. The van der Waals surface area contributed by atoms with Crippen molar-refractivity contribution in [2.24, 2.45) is 11.3 Å². The van der Waals surface area contributed by atoms with Gasteiger partial charge in [-0.25, -0.2) is 0 Å². The summed E-state index contributed by atoms with van der Waals surface area (Å²) >= 11 is 0. The average Bonchev–Trinajstić information content (AvgIpc) is 2.89. The lowest BCUT2D eigenvalue weighted by Gasteiger charge is -2.39. The molecule has 0 atom stereocenters. The predicted octanol–water partition coefficient (Wildman–Crippen LogP) is 7.44. The summed E-state index contributed by atoms with van der Waals surface area (Å²) in [6, 6.07) is 22.9. The van der Waals surface area contributed by atoms with E-state index >= 15 is 0 Å². The Morgan fingerprint density at radius 2 is 1.57 bits per heavy atom. The maximum Gasteiger partial charge on any atom is 0.314 e. The Hall–Kier alpha value is -2.85. The fraction of sp³-hybridized carbons (Fsp3) is 0.485. The number of carbonyl (C=O) groups is 1. The highest BCUT2D eigenvalue weighted by atomic mass is 16.5. The predicted molar refractivity (Wildman–Crippen MR) is 150 cm³/mol. The number of hydrogen-bond acceptors (Lipinski definition) is 3. The van der Waals surface area contributed by atoms with Crippen molar-refractivity contribution in [2.45, 2.75) is 77.4 Å². The van der Waals surface area contributed by atoms with Crippen molar-refractivity contribution < 1.29 is 14.6 Å². The lowest BCUT2D eigenvalue weighted by atomic mass is 9.72. The van der Waals surface area contributed by atoms with Gasteiger partial charge >= 0.3 is 5.97 Å². The first kappa shape index (κ1) is 25.8. The van der Waals surface area contributed by atoms with Crippen molar-refractivity contribution in [1.29, 1.82) is 0 Å². The molecule has 1 saturated heterocycles. The first-order chi connectivity index (χ1) is 17.7. The van der Waals surface area contributed by atoms with Crippen LogP contribution in [0, 0.1) is 11.3 Å². The van der Waals surface area contributed by atoms with Crippen LogP contribution in [-0.2, 0) is 16.8 Å². The minimum atomic E-state index is -0.774. The molecule has 0 amide bonds. The highest BCUT2D eigenvalue weighted by Gasteiger charge is 2.42. The summed E-state index contributed by atoms with van der Waals surface area (Å²) in [7, 11) is 0. The third-order valence-electron chi connectivity index (χ3n) is 8.93. The van der Waals surface area contributed by atoms with Gasteiger partial charge in [0.05, 0.1) is 11.5 Å². The topological polar surface area (TPSA) is 49.8 Å². The molecule has 3 aromatic carbocycles. The van der Waals surface area contributed by atoms with Crippen LogP contribution in [0.2, 0.25) is 0 Å². The molecule has 4 nitrogen and oxygen atoms in total. The molecule has 1 heterocycles. The van der Waals surface area contributed by atoms with Gasteiger partial charge in [-0.15, -0.1) is 0 Å². The maximum absolute atomic E-state index is 12.3. The van der Waals surface area contributed by atoms with Crippen molar-refractivity contribution >= 4 is 16.7 Å². The molecule has 4 heteroatoms. The molecule has 1 N–H and O–H groups in total. The second-order valence-electron chi connectivity index (χ2n) is 12.3. The number of hydrogen-bond donors (Lipinski definition) is 1. The van der Waals surface area contributed by atoms with E-state index in [2.05, 4.69) is 62.1 Å². The number of carboxylic acid groups (broad SMARTS) is 1. The van der Waals surface area contributed by atoms with Gasteiger partial charge in [0.2, 0.25) is 0 Å². The Morgan fingerprint density at radius 1 is 0.919 bits per heavy atom. The monoisotopic (exact) mass is 499 g/mol. The van der Waals surface area contributed by atoms with Crippen LogP contribution < -0.4 is 4.74 Å². The third-order valence-corrected chi connectivity index (χ3v) is 8.93. The minimum Gasteiger partial charge on any atom is -0.490 e. The summed E-state index contributed by atoms with van der Waals surface area (Å²) in [6.07, 6.45) is 6.38. The number of rotatable bonds is 6. The van der Waals surface area contributed by atoms with E-state index in [0.717, 1.165) is 49.7 Å². The van der Waals surface area contributed by atoms with Crippen molar-refractivity contribution in [3.8, 4) is 5.75 Å². The van der Waals surface area contributed by atoms with E-state index in [-0.39, 0.29) is 0 Å². The molecule has 1 aliphatic carbocycles. The van der Waals surface area contributed by atoms with Gasteiger partial charge in [0, 0.05) is 6.54 Å². The quantitative estimate of drug-likeness (QED) is 0.383. The number of nitrogens with zero attached hydrogens (tertiary/aromatic N) is 1. The molecule has 0 bridgehead atoms. The van der Waals surface area contributed by atoms with Crippen molar-refractivity contribution in [1.82, 2.24) is 4.90 Å². The zero-order valence-electron chi connectivity index (χ0n) is 22.6. The van der Waals surface area contributed by atoms with E-state index in [0.29, 0.717) is 24.4 Å². The molecule has 1 aliphatic heterocycles. The van der Waals surface area contributed by atoms with Crippen LogP contribution in [0.3, 0.4) is 0 Å². The Bertz CT molecular complexity index is 1210. The largest absolute Gasteiger partial charge is 0.490 e. The van der Waals surface area contributed by atoms with E-state index in [9.17, 15) is 9.90 Å². The number of aliphatic carboxylic acids is 1. The van der Waals surface area contributed by atoms with Crippen LogP contribution in [-0.4, -0.2) is 35.2 Å². The molecule has 0 unspecified atom stereocenters. The normalized spacial score (nSPS) is 22.6. The SMILES string of the molecule is CC(C)(C)C1CCC(Oc2ccc3cc(CN4CCC(C(=O)O)(c5ccccc5)CC4)ccc3c2)CC1. The van der Waals surface area contributed by atoms with Crippen LogP contribution in [0.1, 0.15) is 70.4 Å². The van der Waals surface area contributed by atoms with Crippen LogP contribution >= 0.6 is 0 Å². The molecule has 37 heavy (non-hydrogen) atoms. The van der Waals surface area contributed by atoms with Gasteiger partial charge < -0.3 is 9.84 Å². The van der Waals surface area contributed by atoms with Gasteiger partial charge in [-0.2, -0.15) is 0 Å². The molecular formula is C33H41NO3. The lowest BCUT2D eigenvalue weighted by molar-refractivity contribution is -0.146. The molecule has 1 saturated carbocycles. The Labute approximate surface area is 221 Å². The summed E-state index contributed by atoms with van der Waals surface area (Å²) < 4.78 is 6.40. The van der Waals surface area contributed by atoms with Gasteiger partial charge in [0.25, 0.3) is 0 Å². The zero-order chi connectivity index (χ0) is 26.0. The second-order valence-corrected chi connectivity index (χ2v) is 12.3. The van der Waals surface area contributed by atoms with E-state index < -0.39 is 11.4 Å². The second kappa shape index (κ2) is 10.5. The summed E-state index contributed by atoms with van der Waals surface area (Å²) in [4.78, 5) is 14.7. The van der Waals surface area contributed by atoms with E-state index in [1.54, 1.807) is 0 Å². The molecule has 0 radical (unpaired) electrons. The van der Waals surface area contributed by atoms with Crippen LogP contribution in [0.4, 0.5) is 0 Å². The smallest absolute Gasteiger partial charge is 0.314 e.